The standard InChI is InChI=1S/C22H31N3O3/c1-25(14-20(26)24-18-4-3-5-19(9-18)28-2)21(27)13-23-22-10-15-6-16(11-22)8-17(7-15)12-22/h3-5,9,15-17,23H,6-8,10-14H2,1-2H3,(H,24,26)/p+1. The van der Waals surface area contributed by atoms with E-state index in [2.05, 4.69) is 10.6 Å². The Morgan fingerprint density at radius 1 is 1.18 bits per heavy atom. The molecule has 0 aromatic heterocycles. The molecule has 0 saturated heterocycles. The van der Waals surface area contributed by atoms with Crippen LogP contribution >= 0.6 is 0 Å². The zero-order valence-electron chi connectivity index (χ0n) is 16.9. The molecule has 4 fully saturated rings. The van der Waals surface area contributed by atoms with E-state index in [0.29, 0.717) is 18.0 Å². The van der Waals surface area contributed by atoms with E-state index in [1.165, 1.54) is 43.4 Å². The molecule has 6 heteroatoms. The van der Waals surface area contributed by atoms with Crippen LogP contribution in [-0.4, -0.2) is 49.5 Å². The summed E-state index contributed by atoms with van der Waals surface area (Å²) in [5.74, 6) is 3.15. The number of rotatable bonds is 7. The molecule has 1 aromatic rings. The molecular formula is C22H32N3O3+. The smallest absolute Gasteiger partial charge is 0.277 e. The predicted molar refractivity (Wildman–Crippen MR) is 107 cm³/mol. The molecule has 4 aliphatic carbocycles. The molecule has 0 heterocycles. The van der Waals surface area contributed by atoms with E-state index in [4.69, 9.17) is 4.74 Å². The zero-order chi connectivity index (χ0) is 19.7. The van der Waals surface area contributed by atoms with Crippen LogP contribution in [0.4, 0.5) is 5.69 Å². The predicted octanol–water partition coefficient (Wildman–Crippen LogP) is 1.62. The van der Waals surface area contributed by atoms with Crippen molar-refractivity contribution in [1.82, 2.24) is 4.90 Å². The number of ether oxygens (including phenoxy) is 1. The Bertz CT molecular complexity index is 713. The Balaban J connectivity index is 1.26. The average Bonchev–Trinajstić information content (AvgIpc) is 2.65. The van der Waals surface area contributed by atoms with Crippen LogP contribution in [0, 0.1) is 17.8 Å². The van der Waals surface area contributed by atoms with Gasteiger partial charge in [-0.3, -0.25) is 9.59 Å². The average molecular weight is 387 g/mol. The van der Waals surface area contributed by atoms with Crippen LogP contribution in [0.3, 0.4) is 0 Å². The van der Waals surface area contributed by atoms with Gasteiger partial charge in [0.1, 0.15) is 5.75 Å². The number of nitrogens with zero attached hydrogens (tertiary/aromatic N) is 1. The summed E-state index contributed by atoms with van der Waals surface area (Å²) >= 11 is 0. The van der Waals surface area contributed by atoms with Gasteiger partial charge in [0.25, 0.3) is 5.91 Å². The zero-order valence-corrected chi connectivity index (χ0v) is 16.9. The van der Waals surface area contributed by atoms with Gasteiger partial charge in [-0.15, -0.1) is 0 Å². The van der Waals surface area contributed by atoms with E-state index >= 15 is 0 Å². The number of carbonyl (C=O) groups excluding carboxylic acids is 2. The van der Waals surface area contributed by atoms with Crippen molar-refractivity contribution in [3.63, 3.8) is 0 Å². The molecule has 0 aliphatic heterocycles. The summed E-state index contributed by atoms with van der Waals surface area (Å²) in [4.78, 5) is 26.5. The molecule has 0 atom stereocenters. The third kappa shape index (κ3) is 4.17. The van der Waals surface area contributed by atoms with Crippen LogP contribution in [0.5, 0.6) is 5.75 Å². The van der Waals surface area contributed by atoms with Gasteiger partial charge in [0.15, 0.2) is 6.54 Å². The molecule has 4 aliphatic rings. The summed E-state index contributed by atoms with van der Waals surface area (Å²) in [5, 5.41) is 5.13. The number of hydrogen-bond acceptors (Lipinski definition) is 3. The van der Waals surface area contributed by atoms with E-state index in [-0.39, 0.29) is 23.9 Å². The first kappa shape index (κ1) is 19.2. The quantitative estimate of drug-likeness (QED) is 0.748. The number of nitrogens with one attached hydrogen (secondary N) is 1. The highest BCUT2D eigenvalue weighted by molar-refractivity contribution is 5.94. The fourth-order valence-corrected chi connectivity index (χ4v) is 6.09. The maximum absolute atomic E-state index is 12.6. The van der Waals surface area contributed by atoms with Gasteiger partial charge in [0.2, 0.25) is 5.91 Å². The van der Waals surface area contributed by atoms with Crippen LogP contribution < -0.4 is 15.4 Å². The lowest BCUT2D eigenvalue weighted by molar-refractivity contribution is -0.730. The molecule has 3 N–H and O–H groups in total. The van der Waals surface area contributed by atoms with Gasteiger partial charge in [0, 0.05) is 38.1 Å². The van der Waals surface area contributed by atoms with E-state index in [1.54, 1.807) is 20.2 Å². The number of carbonyl (C=O) groups is 2. The molecule has 4 saturated carbocycles. The van der Waals surface area contributed by atoms with Crippen LogP contribution in [-0.2, 0) is 9.59 Å². The highest BCUT2D eigenvalue weighted by atomic mass is 16.5. The van der Waals surface area contributed by atoms with E-state index < -0.39 is 0 Å². The highest BCUT2D eigenvalue weighted by Crippen LogP contribution is 2.54. The molecule has 0 radical (unpaired) electrons. The first-order valence-corrected chi connectivity index (χ1v) is 10.5. The second kappa shape index (κ2) is 7.74. The summed E-state index contributed by atoms with van der Waals surface area (Å²) in [6.07, 6.45) is 8.03. The van der Waals surface area contributed by atoms with Crippen molar-refractivity contribution in [1.29, 1.82) is 0 Å². The maximum atomic E-state index is 12.6. The van der Waals surface area contributed by atoms with Gasteiger partial charge in [-0.1, -0.05) is 6.07 Å². The van der Waals surface area contributed by atoms with Crippen molar-refractivity contribution in [3.05, 3.63) is 24.3 Å². The molecule has 1 aromatic carbocycles. The monoisotopic (exact) mass is 386 g/mol. The molecule has 6 nitrogen and oxygen atoms in total. The minimum absolute atomic E-state index is 0.0246. The number of hydrogen-bond donors (Lipinski definition) is 2. The Kier molecular flexibility index (Phi) is 5.32. The summed E-state index contributed by atoms with van der Waals surface area (Å²) in [6.45, 7) is 0.500. The Hall–Kier alpha value is -2.08. The topological polar surface area (TPSA) is 75.2 Å². The van der Waals surface area contributed by atoms with Crippen molar-refractivity contribution < 1.29 is 19.6 Å². The second-order valence-corrected chi connectivity index (χ2v) is 9.22. The van der Waals surface area contributed by atoms with Gasteiger partial charge in [-0.05, 0) is 49.1 Å². The number of benzene rings is 1. The number of amides is 2. The fourth-order valence-electron chi connectivity index (χ4n) is 6.09. The Labute approximate surface area is 167 Å². The van der Waals surface area contributed by atoms with Gasteiger partial charge in [-0.2, -0.15) is 0 Å². The largest absolute Gasteiger partial charge is 0.497 e. The van der Waals surface area contributed by atoms with E-state index in [0.717, 1.165) is 17.8 Å². The van der Waals surface area contributed by atoms with Crippen molar-refractivity contribution in [2.45, 2.75) is 44.1 Å². The minimum atomic E-state index is -0.195. The van der Waals surface area contributed by atoms with Crippen LogP contribution in [0.2, 0.25) is 0 Å². The fraction of sp³-hybridized carbons (Fsp3) is 0.636. The summed E-state index contributed by atoms with van der Waals surface area (Å²) in [5.41, 5.74) is 0.957. The summed E-state index contributed by atoms with van der Waals surface area (Å²) in [6, 6.07) is 7.22. The summed E-state index contributed by atoms with van der Waals surface area (Å²) in [7, 11) is 3.30. The number of methoxy groups -OCH3 is 1. The lowest BCUT2D eigenvalue weighted by atomic mass is 9.53. The summed E-state index contributed by atoms with van der Waals surface area (Å²) < 4.78 is 5.17. The number of nitrogens with two attached hydrogens (primary N) is 1. The molecule has 0 unspecified atom stereocenters. The molecule has 2 amide bonds. The maximum Gasteiger partial charge on any atom is 0.277 e. The molecule has 5 rings (SSSR count). The molecule has 4 bridgehead atoms. The first-order chi connectivity index (χ1) is 13.4. The van der Waals surface area contributed by atoms with Gasteiger partial charge in [-0.25, -0.2) is 0 Å². The minimum Gasteiger partial charge on any atom is -0.497 e. The second-order valence-electron chi connectivity index (χ2n) is 9.22. The van der Waals surface area contributed by atoms with E-state index in [9.17, 15) is 9.59 Å². The van der Waals surface area contributed by atoms with Crippen LogP contribution in [0.1, 0.15) is 38.5 Å². The van der Waals surface area contributed by atoms with Gasteiger partial charge in [0.05, 0.1) is 19.2 Å². The molecular weight excluding hydrogens is 354 g/mol. The lowest BCUT2D eigenvalue weighted by Crippen LogP contribution is -3.00. The van der Waals surface area contributed by atoms with Crippen LogP contribution in [0.15, 0.2) is 24.3 Å². The van der Waals surface area contributed by atoms with Gasteiger partial charge >= 0.3 is 0 Å². The Morgan fingerprint density at radius 2 is 1.82 bits per heavy atom. The number of quaternary nitrogens is 1. The SMILES string of the molecule is COc1cccc(NC(=O)CN(C)C(=O)C[NH2+]C23CC4CC(CC(C4)C2)C3)c1. The van der Waals surface area contributed by atoms with Crippen molar-refractivity contribution in [3.8, 4) is 5.75 Å². The number of anilines is 1. The van der Waals surface area contributed by atoms with Crippen molar-refractivity contribution in [2.75, 3.05) is 32.6 Å². The Morgan fingerprint density at radius 3 is 2.43 bits per heavy atom. The molecule has 152 valence electrons. The third-order valence-corrected chi connectivity index (χ3v) is 6.96. The molecule has 0 spiro atoms. The van der Waals surface area contributed by atoms with Crippen molar-refractivity contribution >= 4 is 17.5 Å². The number of likely N-dealkylation sites (N-methyl/N-ethyl adjacent to an activating group) is 1. The van der Waals surface area contributed by atoms with Crippen molar-refractivity contribution in [2.24, 2.45) is 17.8 Å². The lowest BCUT2D eigenvalue weighted by Gasteiger charge is -2.54. The van der Waals surface area contributed by atoms with E-state index in [1.807, 2.05) is 18.2 Å². The van der Waals surface area contributed by atoms with Gasteiger partial charge < -0.3 is 20.3 Å². The normalized spacial score (nSPS) is 30.1. The third-order valence-electron chi connectivity index (χ3n) is 6.96. The highest BCUT2D eigenvalue weighted by Gasteiger charge is 2.53. The van der Waals surface area contributed by atoms with Crippen LogP contribution in [0.25, 0.3) is 0 Å². The first-order valence-electron chi connectivity index (χ1n) is 10.5. The molecule has 28 heavy (non-hydrogen) atoms.